The van der Waals surface area contributed by atoms with Crippen LogP contribution in [-0.2, 0) is 4.74 Å². The van der Waals surface area contributed by atoms with Crippen LogP contribution in [0.4, 0.5) is 0 Å². The minimum absolute atomic E-state index is 0.126. The molecule has 1 fully saturated rings. The van der Waals surface area contributed by atoms with Crippen LogP contribution in [0.15, 0.2) is 24.3 Å². The number of benzene rings is 1. The van der Waals surface area contributed by atoms with Gasteiger partial charge < -0.3 is 14.8 Å². The van der Waals surface area contributed by atoms with E-state index in [1.807, 2.05) is 24.3 Å². The van der Waals surface area contributed by atoms with Gasteiger partial charge in [-0.1, -0.05) is 6.92 Å². The maximum atomic E-state index is 12.3. The van der Waals surface area contributed by atoms with E-state index in [2.05, 4.69) is 12.2 Å². The highest BCUT2D eigenvalue weighted by Gasteiger charge is 2.29. The maximum absolute atomic E-state index is 12.3. The molecule has 1 aliphatic rings. The van der Waals surface area contributed by atoms with Gasteiger partial charge in [0.1, 0.15) is 5.75 Å². The van der Waals surface area contributed by atoms with Crippen LogP contribution in [0.2, 0.25) is 0 Å². The van der Waals surface area contributed by atoms with E-state index < -0.39 is 0 Å². The first-order valence-electron chi connectivity index (χ1n) is 6.77. The molecule has 0 saturated carbocycles. The molecular formula is C15H21NO3. The van der Waals surface area contributed by atoms with Gasteiger partial charge in [0.15, 0.2) is 5.78 Å². The minimum Gasteiger partial charge on any atom is -0.494 e. The summed E-state index contributed by atoms with van der Waals surface area (Å²) in [5.74, 6) is 0.939. The zero-order valence-corrected chi connectivity index (χ0v) is 11.5. The van der Waals surface area contributed by atoms with Gasteiger partial charge in [0, 0.05) is 19.2 Å². The number of rotatable bonds is 6. The molecule has 104 valence electrons. The second-order valence-electron chi connectivity index (χ2n) is 4.79. The molecule has 1 aromatic rings. The maximum Gasteiger partial charge on any atom is 0.179 e. The van der Waals surface area contributed by atoms with Crippen molar-refractivity contribution in [1.82, 2.24) is 5.32 Å². The number of carbonyl (C=O) groups excluding carboxylic acids is 1. The lowest BCUT2D eigenvalue weighted by Crippen LogP contribution is -2.30. The molecule has 2 unspecified atom stereocenters. The Morgan fingerprint density at radius 3 is 2.68 bits per heavy atom. The Morgan fingerprint density at radius 1 is 1.37 bits per heavy atom. The second kappa shape index (κ2) is 6.68. The van der Waals surface area contributed by atoms with Crippen molar-refractivity contribution in [2.45, 2.75) is 31.9 Å². The Bertz CT molecular complexity index is 416. The van der Waals surface area contributed by atoms with E-state index in [4.69, 9.17) is 9.47 Å². The van der Waals surface area contributed by atoms with E-state index in [0.717, 1.165) is 30.7 Å². The molecule has 0 aliphatic carbocycles. The number of Topliss-reactive ketones (excluding diaryl/α,β-unsaturated/α-hetero) is 1. The van der Waals surface area contributed by atoms with Gasteiger partial charge in [-0.3, -0.25) is 4.79 Å². The van der Waals surface area contributed by atoms with Crippen LogP contribution in [-0.4, -0.2) is 38.2 Å². The molecule has 1 saturated heterocycles. The summed E-state index contributed by atoms with van der Waals surface area (Å²) in [5.41, 5.74) is 0.720. The van der Waals surface area contributed by atoms with Crippen molar-refractivity contribution in [3.8, 4) is 5.75 Å². The fourth-order valence-electron chi connectivity index (χ4n) is 2.22. The molecule has 0 aromatic heterocycles. The SMILES string of the molecule is CCCOc1ccc(C(=O)C2CC(OC)CN2)cc1. The quantitative estimate of drug-likeness (QED) is 0.798. The van der Waals surface area contributed by atoms with Crippen LogP contribution in [0.3, 0.4) is 0 Å². The first-order valence-corrected chi connectivity index (χ1v) is 6.77. The Balaban J connectivity index is 1.96. The monoisotopic (exact) mass is 263 g/mol. The van der Waals surface area contributed by atoms with Crippen molar-refractivity contribution in [2.75, 3.05) is 20.3 Å². The Kier molecular flexibility index (Phi) is 4.93. The fourth-order valence-corrected chi connectivity index (χ4v) is 2.22. The smallest absolute Gasteiger partial charge is 0.179 e. The van der Waals surface area contributed by atoms with Crippen molar-refractivity contribution >= 4 is 5.78 Å². The Hall–Kier alpha value is -1.39. The van der Waals surface area contributed by atoms with Gasteiger partial charge >= 0.3 is 0 Å². The van der Waals surface area contributed by atoms with Gasteiger partial charge in [-0.05, 0) is 37.1 Å². The summed E-state index contributed by atoms with van der Waals surface area (Å²) in [6.07, 6.45) is 1.86. The Labute approximate surface area is 114 Å². The first kappa shape index (κ1) is 14.0. The number of hydrogen-bond donors (Lipinski definition) is 1. The molecule has 0 bridgehead atoms. The van der Waals surface area contributed by atoms with E-state index in [0.29, 0.717) is 6.61 Å². The Morgan fingerprint density at radius 2 is 2.11 bits per heavy atom. The van der Waals surface area contributed by atoms with Crippen LogP contribution in [0.25, 0.3) is 0 Å². The molecule has 2 rings (SSSR count). The number of ketones is 1. The van der Waals surface area contributed by atoms with Crippen LogP contribution in [0.1, 0.15) is 30.1 Å². The molecular weight excluding hydrogens is 242 g/mol. The summed E-state index contributed by atoms with van der Waals surface area (Å²) in [6.45, 7) is 3.51. The first-order chi connectivity index (χ1) is 9.24. The largest absolute Gasteiger partial charge is 0.494 e. The van der Waals surface area contributed by atoms with Crippen molar-refractivity contribution in [2.24, 2.45) is 0 Å². The summed E-state index contributed by atoms with van der Waals surface area (Å²) in [6, 6.07) is 7.23. The molecule has 0 spiro atoms. The van der Waals surface area contributed by atoms with E-state index in [1.54, 1.807) is 7.11 Å². The zero-order valence-electron chi connectivity index (χ0n) is 11.5. The summed E-state index contributed by atoms with van der Waals surface area (Å²) >= 11 is 0. The number of nitrogens with one attached hydrogen (secondary N) is 1. The predicted octanol–water partition coefficient (Wildman–Crippen LogP) is 2.04. The molecule has 0 amide bonds. The number of ether oxygens (including phenoxy) is 2. The van der Waals surface area contributed by atoms with Crippen molar-refractivity contribution < 1.29 is 14.3 Å². The van der Waals surface area contributed by atoms with Gasteiger partial charge in [-0.25, -0.2) is 0 Å². The third kappa shape index (κ3) is 3.55. The molecule has 4 heteroatoms. The lowest BCUT2D eigenvalue weighted by Gasteiger charge is -2.10. The number of methoxy groups -OCH3 is 1. The highest BCUT2D eigenvalue weighted by atomic mass is 16.5. The molecule has 1 aromatic carbocycles. The van der Waals surface area contributed by atoms with E-state index >= 15 is 0 Å². The third-order valence-corrected chi connectivity index (χ3v) is 3.35. The van der Waals surface area contributed by atoms with Gasteiger partial charge in [0.25, 0.3) is 0 Å². The summed E-state index contributed by atoms with van der Waals surface area (Å²) in [7, 11) is 1.68. The zero-order chi connectivity index (χ0) is 13.7. The van der Waals surface area contributed by atoms with Crippen LogP contribution >= 0.6 is 0 Å². The number of hydrogen-bond acceptors (Lipinski definition) is 4. The fraction of sp³-hybridized carbons (Fsp3) is 0.533. The van der Waals surface area contributed by atoms with Crippen molar-refractivity contribution in [1.29, 1.82) is 0 Å². The molecule has 1 aliphatic heterocycles. The average Bonchev–Trinajstić information content (AvgIpc) is 2.94. The lowest BCUT2D eigenvalue weighted by molar-refractivity contribution is 0.0919. The molecule has 1 heterocycles. The van der Waals surface area contributed by atoms with E-state index in [9.17, 15) is 4.79 Å². The van der Waals surface area contributed by atoms with Crippen LogP contribution < -0.4 is 10.1 Å². The molecule has 4 nitrogen and oxygen atoms in total. The van der Waals surface area contributed by atoms with Crippen LogP contribution in [0, 0.1) is 0 Å². The molecule has 0 radical (unpaired) electrons. The molecule has 19 heavy (non-hydrogen) atoms. The van der Waals surface area contributed by atoms with Gasteiger partial charge in [0.2, 0.25) is 0 Å². The molecule has 1 N–H and O–H groups in total. The van der Waals surface area contributed by atoms with E-state index in [1.165, 1.54) is 0 Å². The van der Waals surface area contributed by atoms with Crippen molar-refractivity contribution in [3.05, 3.63) is 29.8 Å². The standard InChI is InChI=1S/C15H21NO3/c1-3-8-19-12-6-4-11(5-7-12)15(17)14-9-13(18-2)10-16-14/h4-7,13-14,16H,3,8-10H2,1-2H3. The summed E-state index contributed by atoms with van der Waals surface area (Å²) < 4.78 is 10.8. The van der Waals surface area contributed by atoms with E-state index in [-0.39, 0.29) is 17.9 Å². The average molecular weight is 263 g/mol. The van der Waals surface area contributed by atoms with Crippen LogP contribution in [0.5, 0.6) is 5.75 Å². The minimum atomic E-state index is -0.132. The topological polar surface area (TPSA) is 47.6 Å². The second-order valence-corrected chi connectivity index (χ2v) is 4.79. The van der Waals surface area contributed by atoms with Gasteiger partial charge in [-0.2, -0.15) is 0 Å². The summed E-state index contributed by atoms with van der Waals surface area (Å²) in [5, 5.41) is 3.20. The highest BCUT2D eigenvalue weighted by Crippen LogP contribution is 2.17. The normalized spacial score (nSPS) is 22.4. The van der Waals surface area contributed by atoms with Crippen molar-refractivity contribution in [3.63, 3.8) is 0 Å². The summed E-state index contributed by atoms with van der Waals surface area (Å²) in [4.78, 5) is 12.3. The number of carbonyl (C=O) groups is 1. The predicted molar refractivity (Wildman–Crippen MR) is 73.8 cm³/mol. The lowest BCUT2D eigenvalue weighted by atomic mass is 10.0. The third-order valence-electron chi connectivity index (χ3n) is 3.35. The van der Waals surface area contributed by atoms with Gasteiger partial charge in [-0.15, -0.1) is 0 Å². The highest BCUT2D eigenvalue weighted by molar-refractivity contribution is 6.00. The molecule has 2 atom stereocenters. The van der Waals surface area contributed by atoms with Gasteiger partial charge in [0.05, 0.1) is 18.8 Å².